The Balaban J connectivity index is 1.77. The zero-order chi connectivity index (χ0) is 13.2. The van der Waals surface area contributed by atoms with Crippen molar-refractivity contribution in [2.75, 3.05) is 7.11 Å². The number of ether oxygens (including phenoxy) is 1. The van der Waals surface area contributed by atoms with Crippen LogP contribution in [0.3, 0.4) is 0 Å². The zero-order valence-electron chi connectivity index (χ0n) is 11.3. The lowest BCUT2D eigenvalue weighted by molar-refractivity contribution is 0.411. The van der Waals surface area contributed by atoms with Crippen molar-refractivity contribution in [3.05, 3.63) is 35.7 Å². The fourth-order valence-electron chi connectivity index (χ4n) is 2.01. The molecule has 1 heterocycles. The molecule has 0 radical (unpaired) electrons. The fourth-order valence-corrected chi connectivity index (χ4v) is 2.01. The monoisotopic (exact) mass is 258 g/mol. The molecule has 3 rings (SSSR count). The number of nitrogens with zero attached hydrogens (tertiary/aromatic N) is 1. The van der Waals surface area contributed by atoms with Gasteiger partial charge in [-0.05, 0) is 37.5 Å². The maximum atomic E-state index is 5.54. The summed E-state index contributed by atoms with van der Waals surface area (Å²) in [5.41, 5.74) is 3.00. The van der Waals surface area contributed by atoms with E-state index in [9.17, 15) is 0 Å². The number of benzene rings is 1. The Bertz CT molecular complexity index is 573. The van der Waals surface area contributed by atoms with Crippen LogP contribution in [0, 0.1) is 6.92 Å². The lowest BCUT2D eigenvalue weighted by Crippen LogP contribution is -2.15. The van der Waals surface area contributed by atoms with E-state index in [0.29, 0.717) is 11.9 Å². The van der Waals surface area contributed by atoms with E-state index in [4.69, 9.17) is 9.15 Å². The van der Waals surface area contributed by atoms with Crippen molar-refractivity contribution in [1.29, 1.82) is 0 Å². The first-order valence-corrected chi connectivity index (χ1v) is 6.59. The highest BCUT2D eigenvalue weighted by molar-refractivity contribution is 5.57. The van der Waals surface area contributed by atoms with Crippen LogP contribution in [-0.4, -0.2) is 18.1 Å². The summed E-state index contributed by atoms with van der Waals surface area (Å²) >= 11 is 0. The quantitative estimate of drug-likeness (QED) is 0.895. The molecule has 1 saturated carbocycles. The van der Waals surface area contributed by atoms with Gasteiger partial charge in [0.25, 0.3) is 0 Å². The summed E-state index contributed by atoms with van der Waals surface area (Å²) in [6.07, 6.45) is 4.27. The molecule has 1 fully saturated rings. The van der Waals surface area contributed by atoms with Crippen molar-refractivity contribution >= 4 is 0 Å². The number of aromatic nitrogens is 1. The summed E-state index contributed by atoms with van der Waals surface area (Å²) < 4.78 is 10.9. The SMILES string of the molecule is COc1cc(-c2nc(CNC3CC3)co2)ccc1C. The lowest BCUT2D eigenvalue weighted by atomic mass is 10.1. The van der Waals surface area contributed by atoms with E-state index >= 15 is 0 Å². The maximum absolute atomic E-state index is 5.54. The summed E-state index contributed by atoms with van der Waals surface area (Å²) in [7, 11) is 1.67. The molecule has 1 aromatic carbocycles. The van der Waals surface area contributed by atoms with Crippen LogP contribution in [0.4, 0.5) is 0 Å². The van der Waals surface area contributed by atoms with Crippen LogP contribution in [0.5, 0.6) is 5.75 Å². The third-order valence-electron chi connectivity index (χ3n) is 3.36. The third kappa shape index (κ3) is 2.79. The largest absolute Gasteiger partial charge is 0.496 e. The van der Waals surface area contributed by atoms with Crippen LogP contribution in [-0.2, 0) is 6.54 Å². The van der Waals surface area contributed by atoms with Gasteiger partial charge in [-0.3, -0.25) is 0 Å². The van der Waals surface area contributed by atoms with Gasteiger partial charge in [0.15, 0.2) is 0 Å². The maximum Gasteiger partial charge on any atom is 0.226 e. The van der Waals surface area contributed by atoms with E-state index in [2.05, 4.69) is 10.3 Å². The molecule has 0 amide bonds. The Morgan fingerprint density at radius 3 is 3.00 bits per heavy atom. The van der Waals surface area contributed by atoms with E-state index in [-0.39, 0.29) is 0 Å². The standard InChI is InChI=1S/C15H18N2O2/c1-10-3-4-11(7-14(10)18-2)15-17-13(9-19-15)8-16-12-5-6-12/h3-4,7,9,12,16H,5-6,8H2,1-2H3. The second kappa shape index (κ2) is 5.05. The first kappa shape index (κ1) is 12.2. The lowest BCUT2D eigenvalue weighted by Gasteiger charge is -2.05. The average molecular weight is 258 g/mol. The molecule has 0 spiro atoms. The molecule has 0 atom stereocenters. The minimum atomic E-state index is 0.644. The molecule has 0 bridgehead atoms. The van der Waals surface area contributed by atoms with Crippen molar-refractivity contribution in [1.82, 2.24) is 10.3 Å². The molecular weight excluding hydrogens is 240 g/mol. The van der Waals surface area contributed by atoms with Crippen molar-refractivity contribution < 1.29 is 9.15 Å². The molecule has 1 aliphatic rings. The van der Waals surface area contributed by atoms with Crippen molar-refractivity contribution in [2.45, 2.75) is 32.4 Å². The number of oxazole rings is 1. The van der Waals surface area contributed by atoms with Crippen molar-refractivity contribution in [2.24, 2.45) is 0 Å². The molecule has 1 aliphatic carbocycles. The Kier molecular flexibility index (Phi) is 3.25. The molecule has 0 aliphatic heterocycles. The summed E-state index contributed by atoms with van der Waals surface area (Å²) in [4.78, 5) is 4.50. The van der Waals surface area contributed by atoms with Crippen LogP contribution in [0.1, 0.15) is 24.1 Å². The minimum absolute atomic E-state index is 0.644. The number of aryl methyl sites for hydroxylation is 1. The summed E-state index contributed by atoms with van der Waals surface area (Å²) in [6, 6.07) is 6.65. The van der Waals surface area contributed by atoms with Gasteiger partial charge in [0.1, 0.15) is 12.0 Å². The fraction of sp³-hybridized carbons (Fsp3) is 0.400. The van der Waals surface area contributed by atoms with Crippen molar-refractivity contribution in [3.8, 4) is 17.2 Å². The Morgan fingerprint density at radius 2 is 2.26 bits per heavy atom. The Morgan fingerprint density at radius 1 is 1.42 bits per heavy atom. The van der Waals surface area contributed by atoms with Crippen LogP contribution in [0.2, 0.25) is 0 Å². The van der Waals surface area contributed by atoms with Gasteiger partial charge in [0, 0.05) is 18.2 Å². The normalized spacial score (nSPS) is 14.6. The summed E-state index contributed by atoms with van der Waals surface area (Å²) in [5, 5.41) is 3.42. The van der Waals surface area contributed by atoms with Gasteiger partial charge in [0.2, 0.25) is 5.89 Å². The summed E-state index contributed by atoms with van der Waals surface area (Å²) in [5.74, 6) is 1.50. The number of methoxy groups -OCH3 is 1. The second-order valence-corrected chi connectivity index (χ2v) is 4.98. The zero-order valence-corrected chi connectivity index (χ0v) is 11.3. The highest BCUT2D eigenvalue weighted by atomic mass is 16.5. The van der Waals surface area contributed by atoms with E-state index in [1.54, 1.807) is 13.4 Å². The predicted molar refractivity (Wildman–Crippen MR) is 73.1 cm³/mol. The van der Waals surface area contributed by atoms with Crippen molar-refractivity contribution in [3.63, 3.8) is 0 Å². The Hall–Kier alpha value is -1.81. The first-order valence-electron chi connectivity index (χ1n) is 6.59. The van der Waals surface area contributed by atoms with E-state index in [0.717, 1.165) is 29.1 Å². The van der Waals surface area contributed by atoms with Gasteiger partial charge >= 0.3 is 0 Å². The number of hydrogen-bond acceptors (Lipinski definition) is 4. The summed E-state index contributed by atoms with van der Waals surface area (Å²) in [6.45, 7) is 2.79. The molecule has 2 aromatic rings. The molecule has 19 heavy (non-hydrogen) atoms. The van der Waals surface area contributed by atoms with Gasteiger partial charge < -0.3 is 14.5 Å². The van der Waals surface area contributed by atoms with Gasteiger partial charge in [-0.1, -0.05) is 6.07 Å². The Labute approximate surface area is 112 Å². The molecule has 1 N–H and O–H groups in total. The molecule has 0 unspecified atom stereocenters. The highest BCUT2D eigenvalue weighted by Crippen LogP contribution is 2.26. The van der Waals surface area contributed by atoms with E-state index in [1.165, 1.54) is 12.8 Å². The number of hydrogen-bond donors (Lipinski definition) is 1. The predicted octanol–water partition coefficient (Wildman–Crippen LogP) is 2.91. The number of nitrogens with one attached hydrogen (secondary N) is 1. The first-order chi connectivity index (χ1) is 9.26. The average Bonchev–Trinajstić information content (AvgIpc) is 3.14. The molecule has 4 nitrogen and oxygen atoms in total. The molecule has 4 heteroatoms. The molecule has 1 aromatic heterocycles. The van der Waals surface area contributed by atoms with Crippen LogP contribution >= 0.6 is 0 Å². The molecule has 100 valence electrons. The van der Waals surface area contributed by atoms with E-state index < -0.39 is 0 Å². The van der Waals surface area contributed by atoms with Crippen LogP contribution in [0.15, 0.2) is 28.9 Å². The van der Waals surface area contributed by atoms with Gasteiger partial charge in [0.05, 0.1) is 12.8 Å². The van der Waals surface area contributed by atoms with Crippen LogP contribution < -0.4 is 10.1 Å². The molecular formula is C15H18N2O2. The van der Waals surface area contributed by atoms with Gasteiger partial charge in [-0.25, -0.2) is 4.98 Å². The minimum Gasteiger partial charge on any atom is -0.496 e. The van der Waals surface area contributed by atoms with Crippen LogP contribution in [0.25, 0.3) is 11.5 Å². The van der Waals surface area contributed by atoms with Gasteiger partial charge in [-0.2, -0.15) is 0 Å². The third-order valence-corrected chi connectivity index (χ3v) is 3.36. The highest BCUT2D eigenvalue weighted by Gasteiger charge is 2.20. The smallest absolute Gasteiger partial charge is 0.226 e. The topological polar surface area (TPSA) is 47.3 Å². The van der Waals surface area contributed by atoms with E-state index in [1.807, 2.05) is 25.1 Å². The molecule has 0 saturated heterocycles. The second-order valence-electron chi connectivity index (χ2n) is 4.98. The van der Waals surface area contributed by atoms with Gasteiger partial charge in [-0.15, -0.1) is 0 Å². The number of rotatable bonds is 5.